The number of carboxylic acid groups (broad SMARTS) is 1. The van der Waals surface area contributed by atoms with Gasteiger partial charge in [-0.25, -0.2) is 8.42 Å². The Labute approximate surface area is 128 Å². The van der Waals surface area contributed by atoms with Gasteiger partial charge in [0.15, 0.2) is 0 Å². The molecule has 1 aliphatic carbocycles. The fourth-order valence-electron chi connectivity index (χ4n) is 2.39. The van der Waals surface area contributed by atoms with Gasteiger partial charge in [0, 0.05) is 0 Å². The fraction of sp³-hybridized carbons (Fsp3) is 0.429. The second-order valence-corrected chi connectivity index (χ2v) is 7.29. The minimum absolute atomic E-state index is 0.257. The Bertz CT molecular complexity index is 714. The largest absolute Gasteiger partial charge is 0.481 e. The van der Waals surface area contributed by atoms with Gasteiger partial charge >= 0.3 is 5.97 Å². The maximum Gasteiger partial charge on any atom is 0.307 e. The molecule has 0 aromatic heterocycles. The highest BCUT2D eigenvalue weighted by Crippen LogP contribution is 2.36. The molecule has 2 rings (SSSR count). The van der Waals surface area contributed by atoms with Crippen molar-refractivity contribution in [2.45, 2.75) is 19.8 Å². The Morgan fingerprint density at radius 2 is 1.82 bits per heavy atom. The molecule has 2 atom stereocenters. The van der Waals surface area contributed by atoms with Crippen LogP contribution in [-0.2, 0) is 19.6 Å². The molecule has 1 amide bonds. The van der Waals surface area contributed by atoms with Gasteiger partial charge in [0.2, 0.25) is 15.9 Å². The van der Waals surface area contributed by atoms with Gasteiger partial charge in [-0.05, 0) is 37.5 Å². The highest BCUT2D eigenvalue weighted by atomic mass is 32.2. The smallest absolute Gasteiger partial charge is 0.307 e. The van der Waals surface area contributed by atoms with E-state index in [1.165, 1.54) is 0 Å². The molecule has 1 aromatic rings. The van der Waals surface area contributed by atoms with E-state index in [4.69, 9.17) is 5.11 Å². The Hall–Kier alpha value is -2.09. The van der Waals surface area contributed by atoms with Gasteiger partial charge in [-0.15, -0.1) is 0 Å². The summed E-state index contributed by atoms with van der Waals surface area (Å²) >= 11 is 0. The Balaban J connectivity index is 2.20. The average molecular weight is 326 g/mol. The van der Waals surface area contributed by atoms with Crippen molar-refractivity contribution in [3.8, 4) is 0 Å². The van der Waals surface area contributed by atoms with Gasteiger partial charge in [-0.1, -0.05) is 6.07 Å². The molecule has 1 aliphatic rings. The van der Waals surface area contributed by atoms with E-state index in [1.54, 1.807) is 18.2 Å². The van der Waals surface area contributed by atoms with E-state index in [2.05, 4.69) is 10.0 Å². The number of benzene rings is 1. The summed E-state index contributed by atoms with van der Waals surface area (Å²) in [6, 6.07) is 4.91. The summed E-state index contributed by atoms with van der Waals surface area (Å²) in [5.41, 5.74) is 1.43. The van der Waals surface area contributed by atoms with Gasteiger partial charge in [0.05, 0.1) is 29.5 Å². The third kappa shape index (κ3) is 3.76. The number of aliphatic carboxylic acids is 1. The molecular formula is C14H18N2O5S. The summed E-state index contributed by atoms with van der Waals surface area (Å²) in [4.78, 5) is 23.2. The Morgan fingerprint density at radius 3 is 2.32 bits per heavy atom. The van der Waals surface area contributed by atoms with E-state index < -0.39 is 33.7 Å². The summed E-state index contributed by atoms with van der Waals surface area (Å²) in [6.45, 7) is 1.81. The molecule has 3 N–H and O–H groups in total. The van der Waals surface area contributed by atoms with Crippen molar-refractivity contribution in [3.05, 3.63) is 23.8 Å². The monoisotopic (exact) mass is 326 g/mol. The van der Waals surface area contributed by atoms with Crippen molar-refractivity contribution >= 4 is 33.3 Å². The molecule has 120 valence electrons. The molecule has 22 heavy (non-hydrogen) atoms. The molecule has 2 unspecified atom stereocenters. The Morgan fingerprint density at radius 1 is 1.18 bits per heavy atom. The zero-order chi connectivity index (χ0) is 16.5. The second kappa shape index (κ2) is 5.96. The van der Waals surface area contributed by atoms with Crippen molar-refractivity contribution in [1.29, 1.82) is 0 Å². The minimum atomic E-state index is -3.48. The number of rotatable bonds is 5. The fourth-order valence-corrected chi connectivity index (χ4v) is 2.96. The maximum atomic E-state index is 12.2. The topological polar surface area (TPSA) is 113 Å². The van der Waals surface area contributed by atoms with Gasteiger partial charge in [0.1, 0.15) is 0 Å². The van der Waals surface area contributed by atoms with Crippen LogP contribution in [0.5, 0.6) is 0 Å². The molecular weight excluding hydrogens is 308 g/mol. The average Bonchev–Trinajstić information content (AvgIpc) is 2.28. The molecule has 1 saturated carbocycles. The summed E-state index contributed by atoms with van der Waals surface area (Å²) in [5.74, 6) is -2.63. The predicted octanol–water partition coefficient (Wildman–Crippen LogP) is 1.42. The molecule has 0 spiro atoms. The van der Waals surface area contributed by atoms with Crippen LogP contribution in [0.3, 0.4) is 0 Å². The number of carbonyl (C=O) groups is 2. The van der Waals surface area contributed by atoms with Crippen molar-refractivity contribution in [3.63, 3.8) is 0 Å². The molecule has 0 aliphatic heterocycles. The lowest BCUT2D eigenvalue weighted by Crippen LogP contribution is -2.41. The molecule has 7 nitrogen and oxygen atoms in total. The van der Waals surface area contributed by atoms with E-state index in [9.17, 15) is 18.0 Å². The summed E-state index contributed by atoms with van der Waals surface area (Å²) in [5, 5.41) is 11.6. The molecule has 0 saturated heterocycles. The third-order valence-electron chi connectivity index (χ3n) is 3.66. The Kier molecular flexibility index (Phi) is 4.41. The van der Waals surface area contributed by atoms with Crippen LogP contribution in [0.4, 0.5) is 11.4 Å². The zero-order valence-corrected chi connectivity index (χ0v) is 13.1. The first kappa shape index (κ1) is 16.3. The molecule has 0 bridgehead atoms. The van der Waals surface area contributed by atoms with E-state index in [1.807, 2.05) is 6.92 Å². The summed E-state index contributed by atoms with van der Waals surface area (Å²) in [7, 11) is -3.48. The number of carbonyl (C=O) groups excluding carboxylic acids is 1. The lowest BCUT2D eigenvalue weighted by molar-refractivity contribution is -0.151. The maximum absolute atomic E-state index is 12.2. The number of nitrogens with one attached hydrogen (secondary N) is 2. The van der Waals surface area contributed by atoms with Crippen molar-refractivity contribution in [2.24, 2.45) is 11.8 Å². The van der Waals surface area contributed by atoms with Crippen LogP contribution in [0.15, 0.2) is 18.2 Å². The van der Waals surface area contributed by atoms with Crippen LogP contribution in [0.1, 0.15) is 18.4 Å². The van der Waals surface area contributed by atoms with Crippen LogP contribution in [-0.4, -0.2) is 31.7 Å². The van der Waals surface area contributed by atoms with Gasteiger partial charge < -0.3 is 10.4 Å². The van der Waals surface area contributed by atoms with Crippen LogP contribution < -0.4 is 10.0 Å². The van der Waals surface area contributed by atoms with E-state index >= 15 is 0 Å². The van der Waals surface area contributed by atoms with Crippen molar-refractivity contribution in [2.75, 3.05) is 16.3 Å². The highest BCUT2D eigenvalue weighted by Gasteiger charge is 2.41. The normalized spacial score (nSPS) is 20.8. The number of anilines is 2. The first-order valence-corrected chi connectivity index (χ1v) is 8.68. The third-order valence-corrected chi connectivity index (χ3v) is 4.25. The lowest BCUT2D eigenvalue weighted by Gasteiger charge is -2.32. The first-order chi connectivity index (χ1) is 10.2. The summed E-state index contributed by atoms with van der Waals surface area (Å²) in [6.07, 6.45) is 2.02. The highest BCUT2D eigenvalue weighted by molar-refractivity contribution is 7.92. The minimum Gasteiger partial charge on any atom is -0.481 e. The van der Waals surface area contributed by atoms with E-state index in [0.717, 1.165) is 11.8 Å². The van der Waals surface area contributed by atoms with Crippen LogP contribution in [0.25, 0.3) is 0 Å². The number of amides is 1. The second-order valence-electron chi connectivity index (χ2n) is 5.54. The predicted molar refractivity (Wildman–Crippen MR) is 82.1 cm³/mol. The standard InChI is InChI=1S/C14H18N2O5S/c1-8-3-6-11(16-22(2,20)21)12(7-8)15-13(17)9-4-5-10(9)14(18)19/h3,6-7,9-10,16H,4-5H2,1-2H3,(H,15,17)(H,18,19). The molecule has 0 heterocycles. The number of hydrogen-bond donors (Lipinski definition) is 3. The number of aryl methyl sites for hydroxylation is 1. The van der Waals surface area contributed by atoms with Crippen molar-refractivity contribution < 1.29 is 23.1 Å². The SMILES string of the molecule is Cc1ccc(NS(C)(=O)=O)c(NC(=O)C2CCC2C(=O)O)c1. The number of hydrogen-bond acceptors (Lipinski definition) is 4. The number of carboxylic acids is 1. The van der Waals surface area contributed by atoms with Gasteiger partial charge in [-0.3, -0.25) is 14.3 Å². The first-order valence-electron chi connectivity index (χ1n) is 6.79. The summed E-state index contributed by atoms with van der Waals surface area (Å²) < 4.78 is 25.1. The lowest BCUT2D eigenvalue weighted by atomic mass is 9.73. The van der Waals surface area contributed by atoms with Crippen molar-refractivity contribution in [1.82, 2.24) is 0 Å². The number of sulfonamides is 1. The van der Waals surface area contributed by atoms with Crippen LogP contribution in [0.2, 0.25) is 0 Å². The molecule has 8 heteroatoms. The van der Waals surface area contributed by atoms with Gasteiger partial charge in [-0.2, -0.15) is 0 Å². The molecule has 1 fully saturated rings. The van der Waals surface area contributed by atoms with Crippen LogP contribution >= 0.6 is 0 Å². The molecule has 0 radical (unpaired) electrons. The quantitative estimate of drug-likeness (QED) is 0.757. The van der Waals surface area contributed by atoms with Gasteiger partial charge in [0.25, 0.3) is 0 Å². The van der Waals surface area contributed by atoms with E-state index in [-0.39, 0.29) is 5.69 Å². The zero-order valence-electron chi connectivity index (χ0n) is 12.3. The molecule has 1 aromatic carbocycles. The van der Waals surface area contributed by atoms with E-state index in [0.29, 0.717) is 18.5 Å². The van der Waals surface area contributed by atoms with Crippen LogP contribution in [0, 0.1) is 18.8 Å².